The fourth-order valence-electron chi connectivity index (χ4n) is 3.68. The van der Waals surface area contributed by atoms with E-state index in [0.717, 1.165) is 12.1 Å². The number of nitrogens with one attached hydrogen (secondary N) is 1. The van der Waals surface area contributed by atoms with Gasteiger partial charge in [0.15, 0.2) is 0 Å². The Morgan fingerprint density at radius 2 is 1.61 bits per heavy atom. The fraction of sp³-hybridized carbons (Fsp3) is 0.652. The summed E-state index contributed by atoms with van der Waals surface area (Å²) in [5.74, 6) is -2.34. The molecule has 0 saturated carbocycles. The summed E-state index contributed by atoms with van der Waals surface area (Å²) in [4.78, 5) is 26.4. The summed E-state index contributed by atoms with van der Waals surface area (Å²) in [6.07, 6.45) is 0.570. The largest absolute Gasteiger partial charge is 0.497 e. The number of carbonyl (C=O) groups excluding carboxylic acids is 2. The fourth-order valence-corrected chi connectivity index (χ4v) is 3.68. The molecule has 10 heteroatoms. The number of carbonyl (C=O) groups is 2. The Hall–Kier alpha value is -2.20. The van der Waals surface area contributed by atoms with Crippen LogP contribution < -0.4 is 10.8 Å². The van der Waals surface area contributed by atoms with Crippen molar-refractivity contribution < 1.29 is 32.4 Å². The van der Waals surface area contributed by atoms with Gasteiger partial charge >= 0.3 is 13.2 Å². The van der Waals surface area contributed by atoms with Gasteiger partial charge in [0.2, 0.25) is 0 Å². The maximum absolute atomic E-state index is 14.8. The molecule has 0 bridgehead atoms. The maximum atomic E-state index is 14.8. The van der Waals surface area contributed by atoms with E-state index in [4.69, 9.17) is 14.0 Å². The van der Waals surface area contributed by atoms with Crippen molar-refractivity contribution in [2.75, 3.05) is 13.1 Å². The van der Waals surface area contributed by atoms with Gasteiger partial charge in [-0.2, -0.15) is 0 Å². The summed E-state index contributed by atoms with van der Waals surface area (Å²) in [7, 11) is -1.07. The van der Waals surface area contributed by atoms with E-state index < -0.39 is 47.6 Å². The van der Waals surface area contributed by atoms with Crippen LogP contribution in [0.4, 0.5) is 13.6 Å². The smallest absolute Gasteiger partial charge is 0.444 e. The number of benzene rings is 1. The number of nitrogens with zero attached hydrogens (tertiary/aromatic N) is 1. The molecule has 2 fully saturated rings. The van der Waals surface area contributed by atoms with Crippen LogP contribution in [0.2, 0.25) is 0 Å². The molecule has 33 heavy (non-hydrogen) atoms. The summed E-state index contributed by atoms with van der Waals surface area (Å²) in [5.41, 5.74) is -2.47. The average molecular weight is 466 g/mol. The lowest BCUT2D eigenvalue weighted by molar-refractivity contribution is 0.00578. The SMILES string of the molecule is CC(C)(C)OC(=O)N1CCC(NC(=O)c2cc(F)c(B3OC(C)(C)C(C)(C)O3)cc2F)CC1. The lowest BCUT2D eigenvalue weighted by Gasteiger charge is -2.33. The first-order chi connectivity index (χ1) is 15.1. The van der Waals surface area contributed by atoms with Crippen molar-refractivity contribution in [2.24, 2.45) is 0 Å². The zero-order valence-corrected chi connectivity index (χ0v) is 20.4. The van der Waals surface area contributed by atoms with Crippen molar-refractivity contribution in [1.29, 1.82) is 0 Å². The lowest BCUT2D eigenvalue weighted by Crippen LogP contribution is -2.48. The number of ether oxygens (including phenoxy) is 1. The first kappa shape index (κ1) is 25.4. The van der Waals surface area contributed by atoms with Crippen LogP contribution in [0.1, 0.15) is 71.7 Å². The van der Waals surface area contributed by atoms with Crippen LogP contribution in [-0.2, 0) is 14.0 Å². The topological polar surface area (TPSA) is 77.1 Å². The van der Waals surface area contributed by atoms with Gasteiger partial charge in [0.05, 0.1) is 16.8 Å². The molecule has 2 heterocycles. The third-order valence-electron chi connectivity index (χ3n) is 6.32. The molecule has 0 radical (unpaired) electrons. The summed E-state index contributed by atoms with van der Waals surface area (Å²) in [6.45, 7) is 13.5. The zero-order valence-electron chi connectivity index (χ0n) is 20.4. The Kier molecular flexibility index (Phi) is 6.83. The third-order valence-corrected chi connectivity index (χ3v) is 6.32. The van der Waals surface area contributed by atoms with Gasteiger partial charge < -0.3 is 24.3 Å². The maximum Gasteiger partial charge on any atom is 0.497 e. The second-order valence-electron chi connectivity index (χ2n) is 10.7. The van der Waals surface area contributed by atoms with Crippen molar-refractivity contribution in [2.45, 2.75) is 84.2 Å². The van der Waals surface area contributed by atoms with Gasteiger partial charge in [-0.05, 0) is 73.4 Å². The van der Waals surface area contributed by atoms with Crippen LogP contribution >= 0.6 is 0 Å². The summed E-state index contributed by atoms with van der Waals surface area (Å²) >= 11 is 0. The first-order valence-electron chi connectivity index (χ1n) is 11.2. The van der Waals surface area contributed by atoms with Crippen molar-refractivity contribution >= 4 is 24.6 Å². The van der Waals surface area contributed by atoms with Gasteiger partial charge in [-0.15, -0.1) is 0 Å². The van der Waals surface area contributed by atoms with Gasteiger partial charge in [0, 0.05) is 24.6 Å². The minimum absolute atomic E-state index is 0.0895. The summed E-state index contributed by atoms with van der Waals surface area (Å²) in [5, 5.41) is 2.74. The molecule has 2 aliphatic rings. The van der Waals surface area contributed by atoms with Crippen LogP contribution in [-0.4, -0.2) is 60.0 Å². The Balaban J connectivity index is 1.63. The normalized spacial score (nSPS) is 20.6. The molecule has 3 rings (SSSR count). The molecule has 2 saturated heterocycles. The standard InChI is InChI=1S/C23H33BF2N2O5/c1-21(2,3)31-20(30)28-10-8-14(9-11-28)27-19(29)15-12-18(26)16(13-17(15)25)24-32-22(4,5)23(6,7)33-24/h12-14H,8-11H2,1-7H3,(H,27,29). The highest BCUT2D eigenvalue weighted by Gasteiger charge is 2.52. The number of piperidine rings is 1. The Morgan fingerprint density at radius 3 is 2.12 bits per heavy atom. The third kappa shape index (κ3) is 5.66. The van der Waals surface area contributed by atoms with Crippen molar-refractivity contribution in [3.63, 3.8) is 0 Å². The molecule has 1 N–H and O–H groups in total. The number of halogens is 2. The zero-order chi connectivity index (χ0) is 24.8. The Morgan fingerprint density at radius 1 is 1.06 bits per heavy atom. The Bertz CT molecular complexity index is 908. The molecule has 0 atom stereocenters. The van der Waals surface area contributed by atoms with E-state index in [9.17, 15) is 18.4 Å². The van der Waals surface area contributed by atoms with Gasteiger partial charge in [-0.25, -0.2) is 13.6 Å². The van der Waals surface area contributed by atoms with E-state index in [1.807, 2.05) is 27.7 Å². The molecule has 2 amide bonds. The number of likely N-dealkylation sites (tertiary alicyclic amines) is 1. The molecule has 0 spiro atoms. The van der Waals surface area contributed by atoms with E-state index in [1.54, 1.807) is 25.7 Å². The molecule has 0 aliphatic carbocycles. The highest BCUT2D eigenvalue weighted by molar-refractivity contribution is 6.62. The van der Waals surface area contributed by atoms with Crippen molar-refractivity contribution in [1.82, 2.24) is 10.2 Å². The predicted octanol–water partition coefficient (Wildman–Crippen LogP) is 3.39. The van der Waals surface area contributed by atoms with Crippen LogP contribution in [0.3, 0.4) is 0 Å². The highest BCUT2D eigenvalue weighted by Crippen LogP contribution is 2.36. The monoisotopic (exact) mass is 466 g/mol. The summed E-state index contributed by atoms with van der Waals surface area (Å²) in [6, 6.07) is 1.57. The lowest BCUT2D eigenvalue weighted by atomic mass is 9.78. The van der Waals surface area contributed by atoms with E-state index in [2.05, 4.69) is 5.32 Å². The van der Waals surface area contributed by atoms with E-state index in [-0.39, 0.29) is 17.1 Å². The predicted molar refractivity (Wildman–Crippen MR) is 120 cm³/mol. The number of hydrogen-bond donors (Lipinski definition) is 1. The summed E-state index contributed by atoms with van der Waals surface area (Å²) < 4.78 is 46.6. The van der Waals surface area contributed by atoms with Crippen molar-refractivity contribution in [3.05, 3.63) is 29.3 Å². The Labute approximate surface area is 194 Å². The number of hydrogen-bond acceptors (Lipinski definition) is 5. The van der Waals surface area contributed by atoms with Gasteiger partial charge in [0.1, 0.15) is 17.2 Å². The van der Waals surface area contributed by atoms with Crippen molar-refractivity contribution in [3.8, 4) is 0 Å². The highest BCUT2D eigenvalue weighted by atomic mass is 19.1. The van der Waals surface area contributed by atoms with Crippen LogP contribution in [0.5, 0.6) is 0 Å². The number of rotatable bonds is 3. The van der Waals surface area contributed by atoms with Gasteiger partial charge in [-0.3, -0.25) is 4.79 Å². The minimum Gasteiger partial charge on any atom is -0.444 e. The van der Waals surface area contributed by atoms with Gasteiger partial charge in [0.25, 0.3) is 5.91 Å². The molecule has 1 aromatic carbocycles. The molecule has 1 aromatic rings. The molecular formula is C23H33BF2N2O5. The molecule has 7 nitrogen and oxygen atoms in total. The molecule has 182 valence electrons. The molecule has 0 unspecified atom stereocenters. The molecule has 0 aromatic heterocycles. The average Bonchev–Trinajstić information content (AvgIpc) is 2.89. The van der Waals surface area contributed by atoms with Gasteiger partial charge in [-0.1, -0.05) is 0 Å². The quantitative estimate of drug-likeness (QED) is 0.692. The van der Waals surface area contributed by atoms with E-state index in [1.165, 1.54) is 0 Å². The van der Waals surface area contributed by atoms with E-state index in [0.29, 0.717) is 25.9 Å². The first-order valence-corrected chi connectivity index (χ1v) is 11.2. The van der Waals surface area contributed by atoms with E-state index >= 15 is 0 Å². The molecule has 2 aliphatic heterocycles. The van der Waals surface area contributed by atoms with Crippen LogP contribution in [0, 0.1) is 11.6 Å². The minimum atomic E-state index is -1.07. The van der Waals surface area contributed by atoms with Crippen LogP contribution in [0.25, 0.3) is 0 Å². The number of amides is 2. The second-order valence-corrected chi connectivity index (χ2v) is 10.7. The van der Waals surface area contributed by atoms with Crippen LogP contribution in [0.15, 0.2) is 12.1 Å². The second kappa shape index (κ2) is 8.87. The molecular weight excluding hydrogens is 433 g/mol.